The largest absolute Gasteiger partial charge is 0.508 e. The van der Waals surface area contributed by atoms with E-state index in [9.17, 15) is 14.7 Å². The predicted octanol–water partition coefficient (Wildman–Crippen LogP) is -0.854. The van der Waals surface area contributed by atoms with E-state index in [1.54, 1.807) is 19.2 Å². The van der Waals surface area contributed by atoms with Crippen molar-refractivity contribution in [2.75, 3.05) is 13.6 Å². The number of nitrogens with one attached hydrogen (secondary N) is 4. The van der Waals surface area contributed by atoms with Crippen molar-refractivity contribution >= 4 is 17.8 Å². The van der Waals surface area contributed by atoms with Gasteiger partial charge in [-0.25, -0.2) is 0 Å². The van der Waals surface area contributed by atoms with E-state index >= 15 is 0 Å². The van der Waals surface area contributed by atoms with Gasteiger partial charge in [0.15, 0.2) is 5.96 Å². The fraction of sp³-hybridized carbons (Fsp3) is 0.471. The molecule has 0 saturated heterocycles. The number of aromatic hydroxyl groups is 1. The molecule has 9 nitrogen and oxygen atoms in total. The summed E-state index contributed by atoms with van der Waals surface area (Å²) < 4.78 is 0. The number of hydrogen-bond acceptors (Lipinski definition) is 5. The van der Waals surface area contributed by atoms with Crippen LogP contribution in [0.2, 0.25) is 0 Å². The number of carbonyl (C=O) groups is 2. The number of rotatable bonds is 11. The van der Waals surface area contributed by atoms with E-state index in [4.69, 9.17) is 16.9 Å². The number of hydrogen-bond donors (Lipinski definition) is 7. The van der Waals surface area contributed by atoms with Gasteiger partial charge in [-0.3, -0.25) is 15.0 Å². The Morgan fingerprint density at radius 3 is 2.42 bits per heavy atom. The van der Waals surface area contributed by atoms with Crippen molar-refractivity contribution in [2.24, 2.45) is 11.5 Å². The van der Waals surface area contributed by atoms with E-state index in [-0.39, 0.29) is 36.5 Å². The normalized spacial score (nSPS) is 12.8. The second-order valence-electron chi connectivity index (χ2n) is 6.07. The lowest BCUT2D eigenvalue weighted by atomic mass is 10.0. The van der Waals surface area contributed by atoms with Crippen LogP contribution in [0.1, 0.15) is 24.8 Å². The molecule has 0 aliphatic carbocycles. The number of guanidine groups is 1. The van der Waals surface area contributed by atoms with Crippen LogP contribution in [0.15, 0.2) is 24.3 Å². The maximum atomic E-state index is 12.2. The van der Waals surface area contributed by atoms with Crippen LogP contribution in [0.3, 0.4) is 0 Å². The average molecular weight is 364 g/mol. The highest BCUT2D eigenvalue weighted by Gasteiger charge is 2.20. The molecule has 1 aromatic rings. The van der Waals surface area contributed by atoms with Crippen molar-refractivity contribution in [1.29, 1.82) is 5.41 Å². The molecular weight excluding hydrogens is 336 g/mol. The zero-order valence-corrected chi connectivity index (χ0v) is 14.9. The number of amides is 2. The van der Waals surface area contributed by atoms with Crippen molar-refractivity contribution in [1.82, 2.24) is 16.0 Å². The summed E-state index contributed by atoms with van der Waals surface area (Å²) in [4.78, 5) is 23.9. The number of phenolic OH excluding ortho intramolecular Hbond substituents is 1. The molecular formula is C17H28N6O3. The Morgan fingerprint density at radius 1 is 1.23 bits per heavy atom. The number of primary amides is 1. The molecule has 9 heteroatoms. The molecule has 144 valence electrons. The molecule has 0 saturated carbocycles. The molecule has 9 N–H and O–H groups in total. The fourth-order valence-electron chi connectivity index (χ4n) is 2.49. The summed E-state index contributed by atoms with van der Waals surface area (Å²) in [5.74, 6) is -0.837. The molecule has 0 heterocycles. The fourth-order valence-corrected chi connectivity index (χ4v) is 2.49. The standard InChI is InChI=1S/C17H28N6O3/c1-21-12(3-2-8-22-17(19)20)10-15(25)23-14(16(18)26)9-11-4-6-13(24)7-5-11/h4-7,12,14,21,24H,2-3,8-10H2,1H3,(H2,18,26)(H,23,25)(H4,19,20,22)/t12-,14+/m1/s1. The third kappa shape index (κ3) is 8.34. The first kappa shape index (κ1) is 21.2. The van der Waals surface area contributed by atoms with Gasteiger partial charge in [-0.15, -0.1) is 0 Å². The van der Waals surface area contributed by atoms with E-state index in [2.05, 4.69) is 16.0 Å². The van der Waals surface area contributed by atoms with Gasteiger partial charge >= 0.3 is 0 Å². The van der Waals surface area contributed by atoms with Crippen molar-refractivity contribution in [2.45, 2.75) is 37.8 Å². The Kier molecular flexibility index (Phi) is 8.93. The van der Waals surface area contributed by atoms with Crippen LogP contribution in [0.25, 0.3) is 0 Å². The van der Waals surface area contributed by atoms with Crippen LogP contribution in [0.5, 0.6) is 5.75 Å². The summed E-state index contributed by atoms with van der Waals surface area (Å²) in [6.45, 7) is 0.555. The molecule has 1 rings (SSSR count). The van der Waals surface area contributed by atoms with Gasteiger partial charge in [0.2, 0.25) is 11.8 Å². The Balaban J connectivity index is 2.50. The second kappa shape index (κ2) is 10.9. The molecule has 0 aromatic heterocycles. The van der Waals surface area contributed by atoms with Crippen molar-refractivity contribution < 1.29 is 14.7 Å². The van der Waals surface area contributed by atoms with Gasteiger partial charge in [0.05, 0.1) is 0 Å². The highest BCUT2D eigenvalue weighted by molar-refractivity contribution is 5.87. The molecule has 0 aliphatic heterocycles. The van der Waals surface area contributed by atoms with Crippen LogP contribution >= 0.6 is 0 Å². The summed E-state index contributed by atoms with van der Waals surface area (Å²) in [5, 5.41) is 24.8. The van der Waals surface area contributed by atoms with Crippen LogP contribution in [-0.2, 0) is 16.0 Å². The monoisotopic (exact) mass is 364 g/mol. The van der Waals surface area contributed by atoms with Gasteiger partial charge in [0, 0.05) is 25.4 Å². The van der Waals surface area contributed by atoms with E-state index in [0.29, 0.717) is 13.0 Å². The Bertz CT molecular complexity index is 605. The summed E-state index contributed by atoms with van der Waals surface area (Å²) in [5.41, 5.74) is 11.4. The number of phenols is 1. The molecule has 26 heavy (non-hydrogen) atoms. The average Bonchev–Trinajstić information content (AvgIpc) is 2.58. The molecule has 2 amide bonds. The van der Waals surface area contributed by atoms with Crippen molar-refractivity contribution in [3.05, 3.63) is 29.8 Å². The lowest BCUT2D eigenvalue weighted by Crippen LogP contribution is -2.47. The molecule has 0 unspecified atom stereocenters. The van der Waals surface area contributed by atoms with Gasteiger partial charge in [0.1, 0.15) is 11.8 Å². The summed E-state index contributed by atoms with van der Waals surface area (Å²) >= 11 is 0. The molecule has 1 aromatic carbocycles. The molecule has 0 bridgehead atoms. The first-order valence-electron chi connectivity index (χ1n) is 8.43. The lowest BCUT2D eigenvalue weighted by molar-refractivity contribution is -0.127. The van der Waals surface area contributed by atoms with E-state index in [1.807, 2.05) is 0 Å². The maximum absolute atomic E-state index is 12.2. The molecule has 0 aliphatic rings. The van der Waals surface area contributed by atoms with Crippen molar-refractivity contribution in [3.63, 3.8) is 0 Å². The number of nitrogens with two attached hydrogens (primary N) is 2. The first-order chi connectivity index (χ1) is 12.3. The lowest BCUT2D eigenvalue weighted by Gasteiger charge is -2.19. The van der Waals surface area contributed by atoms with E-state index < -0.39 is 11.9 Å². The Hall–Kier alpha value is -2.81. The molecule has 0 spiro atoms. The molecule has 0 fully saturated rings. The van der Waals surface area contributed by atoms with E-state index in [1.165, 1.54) is 12.1 Å². The van der Waals surface area contributed by atoms with Crippen molar-refractivity contribution in [3.8, 4) is 5.75 Å². The second-order valence-corrected chi connectivity index (χ2v) is 6.07. The van der Waals surface area contributed by atoms with Crippen LogP contribution in [0.4, 0.5) is 0 Å². The molecule has 2 atom stereocenters. The van der Waals surface area contributed by atoms with Gasteiger partial charge < -0.3 is 32.5 Å². The number of benzene rings is 1. The zero-order chi connectivity index (χ0) is 19.5. The van der Waals surface area contributed by atoms with Gasteiger partial charge in [-0.05, 0) is 37.6 Å². The van der Waals surface area contributed by atoms with Gasteiger partial charge in [-0.2, -0.15) is 0 Å². The van der Waals surface area contributed by atoms with Gasteiger partial charge in [0.25, 0.3) is 0 Å². The topological polar surface area (TPSA) is 166 Å². The van der Waals surface area contributed by atoms with Gasteiger partial charge in [-0.1, -0.05) is 12.1 Å². The third-order valence-electron chi connectivity index (χ3n) is 3.94. The van der Waals surface area contributed by atoms with E-state index in [0.717, 1.165) is 12.0 Å². The molecule has 0 radical (unpaired) electrons. The summed E-state index contributed by atoms with van der Waals surface area (Å²) in [7, 11) is 1.76. The maximum Gasteiger partial charge on any atom is 0.240 e. The van der Waals surface area contributed by atoms with Crippen LogP contribution in [0, 0.1) is 5.41 Å². The quantitative estimate of drug-likeness (QED) is 0.153. The SMILES string of the molecule is CN[C@H](CCCNC(=N)N)CC(=O)N[C@@H](Cc1ccc(O)cc1)C(N)=O. The zero-order valence-electron chi connectivity index (χ0n) is 14.9. The summed E-state index contributed by atoms with van der Waals surface area (Å²) in [6.07, 6.45) is 1.92. The number of carbonyl (C=O) groups excluding carboxylic acids is 2. The Labute approximate surface area is 153 Å². The third-order valence-corrected chi connectivity index (χ3v) is 3.94. The highest BCUT2D eigenvalue weighted by Crippen LogP contribution is 2.11. The van der Waals surface area contributed by atoms with Crippen LogP contribution < -0.4 is 27.4 Å². The minimum absolute atomic E-state index is 0.0639. The minimum Gasteiger partial charge on any atom is -0.508 e. The minimum atomic E-state index is -0.816. The van der Waals surface area contributed by atoms with Crippen LogP contribution in [-0.4, -0.2) is 48.6 Å². The smallest absolute Gasteiger partial charge is 0.240 e. The highest BCUT2D eigenvalue weighted by atomic mass is 16.3. The summed E-state index contributed by atoms with van der Waals surface area (Å²) in [6, 6.07) is 5.50. The Morgan fingerprint density at radius 2 is 1.88 bits per heavy atom. The predicted molar refractivity (Wildman–Crippen MR) is 99.6 cm³/mol. The first-order valence-corrected chi connectivity index (χ1v) is 8.43.